The molecule has 3 nitrogen and oxygen atoms in total. The van der Waals surface area contributed by atoms with E-state index in [-0.39, 0.29) is 6.10 Å². The Morgan fingerprint density at radius 2 is 2.12 bits per heavy atom. The summed E-state index contributed by atoms with van der Waals surface area (Å²) >= 11 is 3.46. The molecule has 17 heavy (non-hydrogen) atoms. The lowest BCUT2D eigenvalue weighted by Crippen LogP contribution is -2.21. The van der Waals surface area contributed by atoms with Gasteiger partial charge in [-0.1, -0.05) is 15.9 Å². The first-order valence-electron chi connectivity index (χ1n) is 5.78. The van der Waals surface area contributed by atoms with E-state index in [0.29, 0.717) is 0 Å². The highest BCUT2D eigenvalue weighted by molar-refractivity contribution is 9.10. The summed E-state index contributed by atoms with van der Waals surface area (Å²) in [6.07, 6.45) is 0.289. The van der Waals surface area contributed by atoms with Crippen LogP contribution in [0.25, 0.3) is 0 Å². The monoisotopic (exact) mass is 301 g/mol. The highest BCUT2D eigenvalue weighted by atomic mass is 79.9. The molecule has 0 amide bonds. The summed E-state index contributed by atoms with van der Waals surface area (Å²) in [5.41, 5.74) is 1.14. The van der Waals surface area contributed by atoms with Gasteiger partial charge in [0.1, 0.15) is 5.75 Å². The third kappa shape index (κ3) is 5.52. The topological polar surface area (TPSA) is 30.5 Å². The van der Waals surface area contributed by atoms with Gasteiger partial charge in [0.05, 0.1) is 19.8 Å². The highest BCUT2D eigenvalue weighted by Crippen LogP contribution is 2.22. The van der Waals surface area contributed by atoms with Crippen molar-refractivity contribution in [2.45, 2.75) is 26.5 Å². The molecule has 0 heterocycles. The molecule has 96 valence electrons. The molecule has 1 aromatic rings. The Morgan fingerprint density at radius 3 is 2.76 bits per heavy atom. The zero-order valence-electron chi connectivity index (χ0n) is 10.6. The predicted octanol–water partition coefficient (Wildman–Crippen LogP) is 2.97. The lowest BCUT2D eigenvalue weighted by atomic mass is 10.2. The van der Waals surface area contributed by atoms with E-state index in [2.05, 4.69) is 27.3 Å². The third-order valence-corrected chi connectivity index (χ3v) is 2.78. The fraction of sp³-hybridized carbons (Fsp3) is 0.538. The number of ether oxygens (including phenoxy) is 2. The maximum atomic E-state index is 5.46. The van der Waals surface area contributed by atoms with Gasteiger partial charge in [-0.05, 0) is 32.0 Å². The minimum Gasteiger partial charge on any atom is -0.496 e. The summed E-state index contributed by atoms with van der Waals surface area (Å²) in [5, 5.41) is 3.33. The second kappa shape index (κ2) is 7.69. The SMILES string of the molecule is COc1ccc(Br)cc1CNCCOC(C)C. The number of benzene rings is 1. The smallest absolute Gasteiger partial charge is 0.123 e. The zero-order valence-corrected chi connectivity index (χ0v) is 12.2. The van der Waals surface area contributed by atoms with Gasteiger partial charge in [-0.15, -0.1) is 0 Å². The van der Waals surface area contributed by atoms with Crippen LogP contribution in [0.2, 0.25) is 0 Å². The van der Waals surface area contributed by atoms with E-state index < -0.39 is 0 Å². The first kappa shape index (κ1) is 14.5. The van der Waals surface area contributed by atoms with E-state index in [1.54, 1.807) is 7.11 Å². The molecule has 0 unspecified atom stereocenters. The van der Waals surface area contributed by atoms with Crippen molar-refractivity contribution in [2.24, 2.45) is 0 Å². The van der Waals surface area contributed by atoms with Gasteiger partial charge in [-0.3, -0.25) is 0 Å². The van der Waals surface area contributed by atoms with Gasteiger partial charge in [0, 0.05) is 23.1 Å². The van der Waals surface area contributed by atoms with E-state index in [0.717, 1.165) is 35.5 Å². The molecule has 0 aliphatic carbocycles. The van der Waals surface area contributed by atoms with E-state index >= 15 is 0 Å². The molecule has 0 atom stereocenters. The zero-order chi connectivity index (χ0) is 12.7. The molecule has 1 rings (SSSR count). The number of hydrogen-bond donors (Lipinski definition) is 1. The van der Waals surface area contributed by atoms with Crippen molar-refractivity contribution in [1.82, 2.24) is 5.32 Å². The van der Waals surface area contributed by atoms with Gasteiger partial charge in [-0.2, -0.15) is 0 Å². The number of rotatable bonds is 7. The fourth-order valence-corrected chi connectivity index (χ4v) is 1.88. The van der Waals surface area contributed by atoms with Crippen molar-refractivity contribution in [3.63, 3.8) is 0 Å². The van der Waals surface area contributed by atoms with Crippen LogP contribution in [0.4, 0.5) is 0 Å². The predicted molar refractivity (Wildman–Crippen MR) is 73.5 cm³/mol. The Kier molecular flexibility index (Phi) is 6.55. The van der Waals surface area contributed by atoms with E-state index in [1.807, 2.05) is 26.0 Å². The Labute approximate surface area is 112 Å². The van der Waals surface area contributed by atoms with Crippen LogP contribution >= 0.6 is 15.9 Å². The third-order valence-electron chi connectivity index (χ3n) is 2.29. The molecule has 0 radical (unpaired) electrons. The summed E-state index contributed by atoms with van der Waals surface area (Å²) in [5.74, 6) is 0.908. The summed E-state index contributed by atoms with van der Waals surface area (Å²) in [4.78, 5) is 0. The lowest BCUT2D eigenvalue weighted by molar-refractivity contribution is 0.0807. The Morgan fingerprint density at radius 1 is 1.35 bits per heavy atom. The van der Waals surface area contributed by atoms with Crippen molar-refractivity contribution in [1.29, 1.82) is 0 Å². The average molecular weight is 302 g/mol. The Bertz CT molecular complexity index is 342. The molecule has 1 aromatic carbocycles. The molecular formula is C13H20BrNO2. The quantitative estimate of drug-likeness (QED) is 0.786. The molecule has 0 aliphatic rings. The largest absolute Gasteiger partial charge is 0.496 e. The summed E-state index contributed by atoms with van der Waals surface area (Å²) in [6, 6.07) is 6.01. The minimum atomic E-state index is 0.289. The van der Waals surface area contributed by atoms with Crippen LogP contribution in [0, 0.1) is 0 Å². The summed E-state index contributed by atoms with van der Waals surface area (Å²) in [7, 11) is 1.69. The molecule has 0 bridgehead atoms. The number of nitrogens with one attached hydrogen (secondary N) is 1. The molecule has 1 N–H and O–H groups in total. The molecular weight excluding hydrogens is 282 g/mol. The minimum absolute atomic E-state index is 0.289. The van der Waals surface area contributed by atoms with Crippen molar-refractivity contribution >= 4 is 15.9 Å². The Hall–Kier alpha value is -0.580. The van der Waals surface area contributed by atoms with Gasteiger partial charge in [0.25, 0.3) is 0 Å². The number of hydrogen-bond acceptors (Lipinski definition) is 3. The molecule has 4 heteroatoms. The normalized spacial score (nSPS) is 10.9. The van der Waals surface area contributed by atoms with E-state index in [1.165, 1.54) is 0 Å². The Balaban J connectivity index is 2.37. The summed E-state index contributed by atoms with van der Waals surface area (Å²) in [6.45, 7) is 6.43. The van der Waals surface area contributed by atoms with Crippen LogP contribution in [0.5, 0.6) is 5.75 Å². The molecule has 0 aromatic heterocycles. The average Bonchev–Trinajstić information content (AvgIpc) is 2.28. The van der Waals surface area contributed by atoms with Crippen molar-refractivity contribution in [2.75, 3.05) is 20.3 Å². The van der Waals surface area contributed by atoms with Crippen molar-refractivity contribution < 1.29 is 9.47 Å². The van der Waals surface area contributed by atoms with Crippen LogP contribution in [-0.2, 0) is 11.3 Å². The molecule has 0 saturated heterocycles. The lowest BCUT2D eigenvalue weighted by Gasteiger charge is -2.11. The first-order chi connectivity index (χ1) is 8.13. The van der Waals surface area contributed by atoms with Crippen LogP contribution in [0.1, 0.15) is 19.4 Å². The van der Waals surface area contributed by atoms with Crippen LogP contribution in [0.15, 0.2) is 22.7 Å². The van der Waals surface area contributed by atoms with Crippen molar-refractivity contribution in [3.8, 4) is 5.75 Å². The standard InChI is InChI=1S/C13H20BrNO2/c1-10(2)17-7-6-15-9-11-8-12(14)4-5-13(11)16-3/h4-5,8,10,15H,6-7,9H2,1-3H3. The van der Waals surface area contributed by atoms with Gasteiger partial charge in [0.15, 0.2) is 0 Å². The first-order valence-corrected chi connectivity index (χ1v) is 6.57. The van der Waals surface area contributed by atoms with Gasteiger partial charge >= 0.3 is 0 Å². The van der Waals surface area contributed by atoms with Gasteiger partial charge in [0.2, 0.25) is 0 Å². The molecule has 0 spiro atoms. The maximum Gasteiger partial charge on any atom is 0.123 e. The molecule has 0 saturated carbocycles. The van der Waals surface area contributed by atoms with Crippen LogP contribution in [0.3, 0.4) is 0 Å². The molecule has 0 aliphatic heterocycles. The summed E-state index contributed by atoms with van der Waals surface area (Å²) < 4.78 is 11.8. The van der Waals surface area contributed by atoms with Gasteiger partial charge in [-0.25, -0.2) is 0 Å². The van der Waals surface area contributed by atoms with Gasteiger partial charge < -0.3 is 14.8 Å². The molecule has 0 fully saturated rings. The second-order valence-corrected chi connectivity index (χ2v) is 4.97. The second-order valence-electron chi connectivity index (χ2n) is 4.05. The van der Waals surface area contributed by atoms with Crippen molar-refractivity contribution in [3.05, 3.63) is 28.2 Å². The van der Waals surface area contributed by atoms with E-state index in [9.17, 15) is 0 Å². The highest BCUT2D eigenvalue weighted by Gasteiger charge is 2.03. The van der Waals surface area contributed by atoms with Crippen LogP contribution in [-0.4, -0.2) is 26.4 Å². The number of halogens is 1. The fourth-order valence-electron chi connectivity index (χ4n) is 1.48. The maximum absolute atomic E-state index is 5.46. The number of methoxy groups -OCH3 is 1. The van der Waals surface area contributed by atoms with E-state index in [4.69, 9.17) is 9.47 Å². The van der Waals surface area contributed by atoms with Crippen LogP contribution < -0.4 is 10.1 Å².